The summed E-state index contributed by atoms with van der Waals surface area (Å²) >= 11 is 0. The lowest BCUT2D eigenvalue weighted by Gasteiger charge is -2.35. The van der Waals surface area contributed by atoms with Gasteiger partial charge in [-0.15, -0.1) is 0 Å². The molecule has 6 nitrogen and oxygen atoms in total. The van der Waals surface area contributed by atoms with Crippen molar-refractivity contribution in [3.63, 3.8) is 0 Å². The first kappa shape index (κ1) is 10.1. The van der Waals surface area contributed by atoms with Crippen molar-refractivity contribution in [2.45, 2.75) is 31.1 Å². The van der Waals surface area contributed by atoms with Crippen LogP contribution < -0.4 is 0 Å². The van der Waals surface area contributed by atoms with Gasteiger partial charge < -0.3 is 24.7 Å². The van der Waals surface area contributed by atoms with Gasteiger partial charge in [0.15, 0.2) is 5.85 Å². The molecular formula is C5H11O6P. The first-order chi connectivity index (χ1) is 5.36. The molecule has 0 aliphatic carbocycles. The molecule has 4 N–H and O–H groups in total. The van der Waals surface area contributed by atoms with Crippen LogP contribution in [-0.2, 0) is 9.09 Å². The average Bonchev–Trinajstić information content (AvgIpc) is 1.97. The summed E-state index contributed by atoms with van der Waals surface area (Å²) in [4.78, 5) is 8.91. The van der Waals surface area contributed by atoms with Crippen molar-refractivity contribution in [1.82, 2.24) is 0 Å². The lowest BCUT2D eigenvalue weighted by atomic mass is 10.1. The first-order valence-electron chi connectivity index (χ1n) is 3.41. The monoisotopic (exact) mass is 198 g/mol. The summed E-state index contributed by atoms with van der Waals surface area (Å²) < 4.78 is 15.4. The smallest absolute Gasteiger partial charge is 0.359 e. The van der Waals surface area contributed by atoms with E-state index in [0.29, 0.717) is 0 Å². The Hall–Kier alpha value is 0.0300. The van der Waals surface area contributed by atoms with Crippen LogP contribution in [0.1, 0.15) is 6.92 Å². The predicted octanol–water partition coefficient (Wildman–Crippen LogP) is -1.37. The number of aliphatic hydroxyl groups is 3. The molecule has 72 valence electrons. The third kappa shape index (κ3) is 1.54. The number of rotatable bonds is 0. The zero-order valence-corrected chi connectivity index (χ0v) is 7.26. The summed E-state index contributed by atoms with van der Waals surface area (Å²) in [6.45, 7) is 1.34. The van der Waals surface area contributed by atoms with Crippen LogP contribution in [0.4, 0.5) is 0 Å². The van der Waals surface area contributed by atoms with Gasteiger partial charge in [-0.1, -0.05) is 0 Å². The molecule has 0 aromatic heterocycles. The first-order valence-corrected chi connectivity index (χ1v) is 5.06. The van der Waals surface area contributed by atoms with E-state index in [2.05, 4.69) is 4.52 Å². The van der Waals surface area contributed by atoms with Crippen molar-refractivity contribution >= 4 is 7.60 Å². The fourth-order valence-corrected chi connectivity index (χ4v) is 2.30. The van der Waals surface area contributed by atoms with Gasteiger partial charge in [0, 0.05) is 0 Å². The molecule has 0 saturated carbocycles. The van der Waals surface area contributed by atoms with Crippen molar-refractivity contribution < 1.29 is 29.3 Å². The maximum Gasteiger partial charge on any atom is 0.359 e. The van der Waals surface area contributed by atoms with Gasteiger partial charge >= 0.3 is 7.60 Å². The molecule has 0 bridgehead atoms. The maximum absolute atomic E-state index is 10.9. The zero-order valence-electron chi connectivity index (χ0n) is 6.36. The summed E-state index contributed by atoms with van der Waals surface area (Å²) in [6, 6.07) is 0. The maximum atomic E-state index is 10.9. The van der Waals surface area contributed by atoms with Crippen molar-refractivity contribution in [3.8, 4) is 0 Å². The van der Waals surface area contributed by atoms with E-state index in [9.17, 15) is 4.57 Å². The Morgan fingerprint density at radius 3 is 2.25 bits per heavy atom. The van der Waals surface area contributed by atoms with Crippen molar-refractivity contribution in [3.05, 3.63) is 0 Å². The van der Waals surface area contributed by atoms with Crippen LogP contribution in [-0.4, -0.2) is 44.4 Å². The minimum Gasteiger partial charge on any atom is -0.388 e. The van der Waals surface area contributed by atoms with Gasteiger partial charge in [0.2, 0.25) is 0 Å². The Bertz CT molecular complexity index is 218. The van der Waals surface area contributed by atoms with Crippen molar-refractivity contribution in [2.24, 2.45) is 0 Å². The highest BCUT2D eigenvalue weighted by Crippen LogP contribution is 2.52. The predicted molar refractivity (Wildman–Crippen MR) is 38.4 cm³/mol. The molecule has 1 saturated heterocycles. The molecule has 0 aromatic carbocycles. The fraction of sp³-hybridized carbons (Fsp3) is 1.00. The second-order valence-electron chi connectivity index (χ2n) is 2.77. The Balaban J connectivity index is 2.85. The van der Waals surface area contributed by atoms with Crippen molar-refractivity contribution in [2.75, 3.05) is 0 Å². The molecule has 1 aliphatic heterocycles. The number of hydrogen-bond donors (Lipinski definition) is 4. The topological polar surface area (TPSA) is 107 Å². The Kier molecular flexibility index (Phi) is 2.58. The number of hydrogen-bond acceptors (Lipinski definition) is 5. The Morgan fingerprint density at radius 2 is 1.75 bits per heavy atom. The van der Waals surface area contributed by atoms with Crippen LogP contribution in [0.15, 0.2) is 0 Å². The van der Waals surface area contributed by atoms with Crippen LogP contribution in [0.2, 0.25) is 0 Å². The lowest BCUT2D eigenvalue weighted by molar-refractivity contribution is -0.106. The lowest BCUT2D eigenvalue weighted by Crippen LogP contribution is -2.48. The zero-order chi connectivity index (χ0) is 9.52. The summed E-state index contributed by atoms with van der Waals surface area (Å²) in [7, 11) is -4.18. The largest absolute Gasteiger partial charge is 0.388 e. The third-order valence-electron chi connectivity index (χ3n) is 1.79. The normalized spacial score (nSPS) is 55.4. The Morgan fingerprint density at radius 1 is 1.25 bits per heavy atom. The fourth-order valence-electron chi connectivity index (χ4n) is 1.01. The molecule has 12 heavy (non-hydrogen) atoms. The molecule has 0 spiro atoms. The summed E-state index contributed by atoms with van der Waals surface area (Å²) in [5.41, 5.74) is 0. The molecule has 0 aromatic rings. The quantitative estimate of drug-likeness (QED) is 0.358. The van der Waals surface area contributed by atoms with Gasteiger partial charge in [-0.3, -0.25) is 4.57 Å². The molecule has 0 radical (unpaired) electrons. The van der Waals surface area contributed by atoms with Crippen LogP contribution in [0.3, 0.4) is 0 Å². The van der Waals surface area contributed by atoms with Gasteiger partial charge in [-0.25, -0.2) is 0 Å². The molecule has 0 amide bonds. The van der Waals surface area contributed by atoms with Gasteiger partial charge in [-0.2, -0.15) is 0 Å². The molecule has 5 atom stereocenters. The molecule has 1 aliphatic rings. The van der Waals surface area contributed by atoms with Crippen LogP contribution in [0.5, 0.6) is 0 Å². The van der Waals surface area contributed by atoms with E-state index in [1.165, 1.54) is 6.92 Å². The van der Waals surface area contributed by atoms with Crippen LogP contribution >= 0.6 is 7.60 Å². The standard InChI is InChI=1S/C5H11O6P/c1-2-3(6)4(7)5(8)12(9,10)11-2/h2-8H,1H3,(H,9,10)/t2-,3+,4-,5+/m0/s1. The summed E-state index contributed by atoms with van der Waals surface area (Å²) in [5.74, 6) is -1.93. The highest BCUT2D eigenvalue weighted by molar-refractivity contribution is 7.53. The second-order valence-corrected chi connectivity index (χ2v) is 4.64. The van der Waals surface area contributed by atoms with Gasteiger partial charge in [0.25, 0.3) is 0 Å². The minimum absolute atomic E-state index is 0.959. The minimum atomic E-state index is -4.18. The SMILES string of the molecule is C[C@@H]1OP(=O)(O)[C@@H](O)[C@@H](O)[C@@H]1O. The second kappa shape index (κ2) is 3.06. The van der Waals surface area contributed by atoms with E-state index in [0.717, 1.165) is 0 Å². The summed E-state index contributed by atoms with van der Waals surface area (Å²) in [6.07, 6.45) is -3.93. The van der Waals surface area contributed by atoms with Crippen molar-refractivity contribution in [1.29, 1.82) is 0 Å². The van der Waals surface area contributed by atoms with Gasteiger partial charge in [0.05, 0.1) is 6.10 Å². The van der Waals surface area contributed by atoms with E-state index in [4.69, 9.17) is 20.2 Å². The van der Waals surface area contributed by atoms with Crippen LogP contribution in [0.25, 0.3) is 0 Å². The van der Waals surface area contributed by atoms with E-state index in [-0.39, 0.29) is 0 Å². The summed E-state index contributed by atoms with van der Waals surface area (Å²) in [5, 5.41) is 27.1. The van der Waals surface area contributed by atoms with E-state index >= 15 is 0 Å². The molecule has 1 fully saturated rings. The molecule has 1 heterocycles. The molecule has 1 unspecified atom stereocenters. The van der Waals surface area contributed by atoms with Crippen LogP contribution in [0, 0.1) is 0 Å². The third-order valence-corrected chi connectivity index (χ3v) is 3.40. The van der Waals surface area contributed by atoms with E-state index in [1.807, 2.05) is 0 Å². The highest BCUT2D eigenvalue weighted by atomic mass is 31.2. The molecular weight excluding hydrogens is 187 g/mol. The molecule has 1 rings (SSSR count). The van der Waals surface area contributed by atoms with E-state index in [1.54, 1.807) is 0 Å². The Labute approximate surface area is 68.9 Å². The van der Waals surface area contributed by atoms with Gasteiger partial charge in [0.1, 0.15) is 12.2 Å². The highest BCUT2D eigenvalue weighted by Gasteiger charge is 2.48. The van der Waals surface area contributed by atoms with E-state index < -0.39 is 31.8 Å². The van der Waals surface area contributed by atoms with Gasteiger partial charge in [-0.05, 0) is 6.92 Å². The average molecular weight is 198 g/mol. The number of aliphatic hydroxyl groups excluding tert-OH is 3. The molecule has 7 heteroatoms.